The number of thioether (sulfide) groups is 1. The highest BCUT2D eigenvalue weighted by Crippen LogP contribution is 2.27. The maximum absolute atomic E-state index is 12.3. The first-order valence-electron chi connectivity index (χ1n) is 7.41. The van der Waals surface area contributed by atoms with Gasteiger partial charge in [0.15, 0.2) is 5.78 Å². The smallest absolute Gasteiger partial charge is 0.221 e. The van der Waals surface area contributed by atoms with Crippen molar-refractivity contribution in [3.63, 3.8) is 0 Å². The number of ether oxygens (including phenoxy) is 1. The molecule has 2 aromatic rings. The molecule has 0 saturated heterocycles. The predicted octanol–water partition coefficient (Wildman–Crippen LogP) is 3.55. The molecule has 4 nitrogen and oxygen atoms in total. The van der Waals surface area contributed by atoms with Crippen LogP contribution in [-0.2, 0) is 11.2 Å². The molecule has 1 amide bonds. The number of rotatable bonds is 5. The SMILES string of the molecule is CC(=O)Nc1ccc(SCC(=O)c2ccc3c(c2)CCO3)cc1. The molecule has 0 aliphatic carbocycles. The highest BCUT2D eigenvalue weighted by atomic mass is 32.2. The first-order chi connectivity index (χ1) is 11.1. The Morgan fingerprint density at radius 1 is 1.17 bits per heavy atom. The summed E-state index contributed by atoms with van der Waals surface area (Å²) in [6, 6.07) is 13.1. The second kappa shape index (κ2) is 6.87. The van der Waals surface area contributed by atoms with Crippen LogP contribution in [0.15, 0.2) is 47.4 Å². The van der Waals surface area contributed by atoms with Crippen molar-refractivity contribution in [2.45, 2.75) is 18.2 Å². The van der Waals surface area contributed by atoms with Crippen molar-refractivity contribution >= 4 is 29.1 Å². The van der Waals surface area contributed by atoms with Gasteiger partial charge in [0.2, 0.25) is 5.91 Å². The molecule has 0 unspecified atom stereocenters. The number of carbonyl (C=O) groups is 2. The van der Waals surface area contributed by atoms with E-state index in [-0.39, 0.29) is 11.7 Å². The van der Waals surface area contributed by atoms with Gasteiger partial charge in [-0.25, -0.2) is 0 Å². The third-order valence-corrected chi connectivity index (χ3v) is 4.57. The van der Waals surface area contributed by atoms with Gasteiger partial charge in [0.05, 0.1) is 12.4 Å². The maximum atomic E-state index is 12.3. The van der Waals surface area contributed by atoms with E-state index in [1.165, 1.54) is 18.7 Å². The molecule has 1 aliphatic rings. The number of fused-ring (bicyclic) bond motifs is 1. The highest BCUT2D eigenvalue weighted by Gasteiger charge is 2.15. The quantitative estimate of drug-likeness (QED) is 0.674. The van der Waals surface area contributed by atoms with Crippen LogP contribution in [0.5, 0.6) is 5.75 Å². The van der Waals surface area contributed by atoms with Crippen LogP contribution in [0.3, 0.4) is 0 Å². The van der Waals surface area contributed by atoms with E-state index in [0.29, 0.717) is 12.4 Å². The molecule has 0 spiro atoms. The number of nitrogens with one attached hydrogen (secondary N) is 1. The predicted molar refractivity (Wildman–Crippen MR) is 91.4 cm³/mol. The molecule has 0 atom stereocenters. The van der Waals surface area contributed by atoms with Crippen molar-refractivity contribution in [3.05, 3.63) is 53.6 Å². The Morgan fingerprint density at radius 3 is 2.70 bits per heavy atom. The van der Waals surface area contributed by atoms with Gasteiger partial charge in [0.1, 0.15) is 5.75 Å². The zero-order chi connectivity index (χ0) is 16.2. The van der Waals surface area contributed by atoms with Gasteiger partial charge in [0.25, 0.3) is 0 Å². The van der Waals surface area contributed by atoms with Crippen molar-refractivity contribution in [1.82, 2.24) is 0 Å². The number of hydrogen-bond donors (Lipinski definition) is 1. The standard InChI is InChI=1S/C18H17NO3S/c1-12(20)19-15-3-5-16(6-4-15)23-11-17(21)13-2-7-18-14(10-13)8-9-22-18/h2-7,10H,8-9,11H2,1H3,(H,19,20). The molecular weight excluding hydrogens is 310 g/mol. The molecule has 0 radical (unpaired) electrons. The van der Waals surface area contributed by atoms with Crippen molar-refractivity contribution in [2.75, 3.05) is 17.7 Å². The Labute approximate surface area is 139 Å². The topological polar surface area (TPSA) is 55.4 Å². The first kappa shape index (κ1) is 15.6. The van der Waals surface area contributed by atoms with E-state index in [0.717, 1.165) is 33.9 Å². The molecule has 0 fully saturated rings. The minimum Gasteiger partial charge on any atom is -0.493 e. The summed E-state index contributed by atoms with van der Waals surface area (Å²) in [5.74, 6) is 1.29. The fourth-order valence-electron chi connectivity index (χ4n) is 2.43. The molecule has 2 aromatic carbocycles. The molecule has 23 heavy (non-hydrogen) atoms. The number of amides is 1. The van der Waals surface area contributed by atoms with E-state index in [1.54, 1.807) is 0 Å². The van der Waals surface area contributed by atoms with Crippen LogP contribution in [0, 0.1) is 0 Å². The second-order valence-corrected chi connectivity index (χ2v) is 6.39. The van der Waals surface area contributed by atoms with Gasteiger partial charge in [-0.3, -0.25) is 9.59 Å². The Hall–Kier alpha value is -2.27. The molecule has 3 rings (SSSR count). The number of anilines is 1. The zero-order valence-corrected chi connectivity index (χ0v) is 13.6. The molecular formula is C18H17NO3S. The van der Waals surface area contributed by atoms with Crippen LogP contribution in [0.1, 0.15) is 22.8 Å². The summed E-state index contributed by atoms with van der Waals surface area (Å²) in [6.07, 6.45) is 0.869. The lowest BCUT2D eigenvalue weighted by molar-refractivity contribution is -0.114. The fraction of sp³-hybridized carbons (Fsp3) is 0.222. The van der Waals surface area contributed by atoms with Crippen LogP contribution in [-0.4, -0.2) is 24.1 Å². The number of carbonyl (C=O) groups excluding carboxylic acids is 2. The zero-order valence-electron chi connectivity index (χ0n) is 12.8. The van der Waals surface area contributed by atoms with E-state index in [4.69, 9.17) is 4.74 Å². The summed E-state index contributed by atoms with van der Waals surface area (Å²) >= 11 is 1.49. The van der Waals surface area contributed by atoms with Gasteiger partial charge in [0, 0.05) is 29.5 Å². The summed E-state index contributed by atoms with van der Waals surface area (Å²) in [5, 5.41) is 2.72. The number of ketones is 1. The van der Waals surface area contributed by atoms with E-state index in [9.17, 15) is 9.59 Å². The third-order valence-electron chi connectivity index (χ3n) is 3.56. The van der Waals surface area contributed by atoms with E-state index >= 15 is 0 Å². The van der Waals surface area contributed by atoms with Crippen LogP contribution in [0.4, 0.5) is 5.69 Å². The normalized spacial score (nSPS) is 12.4. The molecule has 1 aliphatic heterocycles. The van der Waals surface area contributed by atoms with Crippen LogP contribution in [0.2, 0.25) is 0 Å². The lowest BCUT2D eigenvalue weighted by Gasteiger charge is -2.05. The fourth-order valence-corrected chi connectivity index (χ4v) is 3.22. The third kappa shape index (κ3) is 3.93. The summed E-state index contributed by atoms with van der Waals surface area (Å²) in [4.78, 5) is 24.3. The van der Waals surface area contributed by atoms with Gasteiger partial charge >= 0.3 is 0 Å². The summed E-state index contributed by atoms with van der Waals surface area (Å²) in [6.45, 7) is 2.17. The molecule has 1 heterocycles. The van der Waals surface area contributed by atoms with E-state index < -0.39 is 0 Å². The lowest BCUT2D eigenvalue weighted by atomic mass is 10.1. The van der Waals surface area contributed by atoms with Crippen LogP contribution in [0.25, 0.3) is 0 Å². The van der Waals surface area contributed by atoms with Gasteiger partial charge in [-0.05, 0) is 48.0 Å². The Morgan fingerprint density at radius 2 is 1.96 bits per heavy atom. The Bertz CT molecular complexity index is 740. The van der Waals surface area contributed by atoms with E-state index in [2.05, 4.69) is 5.32 Å². The summed E-state index contributed by atoms with van der Waals surface area (Å²) < 4.78 is 5.45. The van der Waals surface area contributed by atoms with Gasteiger partial charge < -0.3 is 10.1 Å². The molecule has 0 saturated carbocycles. The summed E-state index contributed by atoms with van der Waals surface area (Å²) in [7, 11) is 0. The molecule has 5 heteroatoms. The van der Waals surface area contributed by atoms with Crippen molar-refractivity contribution in [2.24, 2.45) is 0 Å². The summed E-state index contributed by atoms with van der Waals surface area (Å²) in [5.41, 5.74) is 2.60. The molecule has 0 aromatic heterocycles. The number of hydrogen-bond acceptors (Lipinski definition) is 4. The van der Waals surface area contributed by atoms with Gasteiger partial charge in [-0.1, -0.05) is 0 Å². The molecule has 1 N–H and O–H groups in total. The average molecular weight is 327 g/mol. The van der Waals surface area contributed by atoms with E-state index in [1.807, 2.05) is 42.5 Å². The minimum absolute atomic E-state index is 0.0961. The van der Waals surface area contributed by atoms with Crippen LogP contribution < -0.4 is 10.1 Å². The second-order valence-electron chi connectivity index (χ2n) is 5.34. The Balaban J connectivity index is 1.59. The largest absolute Gasteiger partial charge is 0.493 e. The average Bonchev–Trinajstić information content (AvgIpc) is 3.01. The van der Waals surface area contributed by atoms with Crippen molar-refractivity contribution in [3.8, 4) is 5.75 Å². The maximum Gasteiger partial charge on any atom is 0.221 e. The monoisotopic (exact) mass is 327 g/mol. The number of benzene rings is 2. The van der Waals surface area contributed by atoms with Crippen molar-refractivity contribution in [1.29, 1.82) is 0 Å². The lowest BCUT2D eigenvalue weighted by Crippen LogP contribution is -2.05. The van der Waals surface area contributed by atoms with Gasteiger partial charge in [-0.15, -0.1) is 11.8 Å². The first-order valence-corrected chi connectivity index (χ1v) is 8.40. The minimum atomic E-state index is -0.0961. The van der Waals surface area contributed by atoms with Crippen LogP contribution >= 0.6 is 11.8 Å². The Kier molecular flexibility index (Phi) is 4.67. The highest BCUT2D eigenvalue weighted by molar-refractivity contribution is 8.00. The molecule has 118 valence electrons. The number of Topliss-reactive ketones (excluding diaryl/α,β-unsaturated/α-hetero) is 1. The van der Waals surface area contributed by atoms with Crippen molar-refractivity contribution < 1.29 is 14.3 Å². The van der Waals surface area contributed by atoms with Gasteiger partial charge in [-0.2, -0.15) is 0 Å². The molecule has 0 bridgehead atoms.